The van der Waals surface area contributed by atoms with Gasteiger partial charge in [-0.05, 0) is 56.0 Å². The Hall–Kier alpha value is -2.45. The van der Waals surface area contributed by atoms with E-state index < -0.39 is 6.04 Å². The van der Waals surface area contributed by atoms with Gasteiger partial charge in [0.1, 0.15) is 17.9 Å². The second-order valence-corrected chi connectivity index (χ2v) is 9.36. The summed E-state index contributed by atoms with van der Waals surface area (Å²) in [6.07, 6.45) is 4.09. The zero-order valence-corrected chi connectivity index (χ0v) is 18.5. The lowest BCUT2D eigenvalue weighted by Gasteiger charge is -2.37. The van der Waals surface area contributed by atoms with Crippen LogP contribution >= 0.6 is 0 Å². The Bertz CT molecular complexity index is 915. The molecule has 0 spiro atoms. The predicted octanol–water partition coefficient (Wildman–Crippen LogP) is 1.72. The molecule has 8 nitrogen and oxygen atoms in total. The van der Waals surface area contributed by atoms with Gasteiger partial charge in [0.15, 0.2) is 0 Å². The van der Waals surface area contributed by atoms with Crippen LogP contribution in [0, 0.1) is 5.92 Å². The molecule has 0 radical (unpaired) electrons. The molecular formula is C24H31N3O5. The summed E-state index contributed by atoms with van der Waals surface area (Å²) in [5.41, 5.74) is 1.50. The summed E-state index contributed by atoms with van der Waals surface area (Å²) in [5.74, 6) is 0.592. The van der Waals surface area contributed by atoms with E-state index in [9.17, 15) is 14.4 Å². The van der Waals surface area contributed by atoms with Crippen molar-refractivity contribution < 1.29 is 23.9 Å². The first kappa shape index (κ1) is 21.4. The molecule has 0 bridgehead atoms. The number of ether oxygens (including phenoxy) is 2. The lowest BCUT2D eigenvalue weighted by Crippen LogP contribution is -2.52. The number of rotatable bonds is 7. The Morgan fingerprint density at radius 1 is 1.19 bits per heavy atom. The minimum absolute atomic E-state index is 0.136. The minimum Gasteiger partial charge on any atom is -0.489 e. The average molecular weight is 442 g/mol. The fraction of sp³-hybridized carbons (Fsp3) is 0.625. The van der Waals surface area contributed by atoms with Gasteiger partial charge in [-0.2, -0.15) is 0 Å². The molecule has 3 aliphatic heterocycles. The van der Waals surface area contributed by atoms with Gasteiger partial charge in [0, 0.05) is 37.0 Å². The number of piperidine rings is 1. The van der Waals surface area contributed by atoms with Crippen LogP contribution < -0.4 is 10.1 Å². The van der Waals surface area contributed by atoms with Crippen molar-refractivity contribution in [1.82, 2.24) is 15.1 Å². The third kappa shape index (κ3) is 4.01. The number of likely N-dealkylation sites (N-methyl/N-ethyl adjacent to an activating group) is 1. The minimum atomic E-state index is -0.593. The number of amides is 3. The Kier molecular flexibility index (Phi) is 5.90. The lowest BCUT2D eigenvalue weighted by molar-refractivity contribution is -0.136. The van der Waals surface area contributed by atoms with Crippen LogP contribution in [-0.2, 0) is 20.9 Å². The first-order valence-electron chi connectivity index (χ1n) is 11.8. The maximum absolute atomic E-state index is 12.9. The summed E-state index contributed by atoms with van der Waals surface area (Å²) in [6.45, 7) is 6.35. The maximum atomic E-state index is 12.9. The summed E-state index contributed by atoms with van der Waals surface area (Å²) >= 11 is 0. The van der Waals surface area contributed by atoms with Crippen molar-refractivity contribution in [3.63, 3.8) is 0 Å². The molecule has 3 heterocycles. The Labute approximate surface area is 188 Å². The molecule has 1 saturated carbocycles. The Morgan fingerprint density at radius 2 is 2.03 bits per heavy atom. The predicted molar refractivity (Wildman–Crippen MR) is 116 cm³/mol. The number of fused-ring (bicyclic) bond motifs is 1. The molecule has 0 aromatic heterocycles. The second-order valence-electron chi connectivity index (χ2n) is 9.36. The number of nitrogens with zero attached hydrogens (tertiary/aromatic N) is 2. The van der Waals surface area contributed by atoms with Crippen LogP contribution in [0.15, 0.2) is 18.2 Å². The van der Waals surface area contributed by atoms with Crippen LogP contribution in [0.1, 0.15) is 54.9 Å². The summed E-state index contributed by atoms with van der Waals surface area (Å²) < 4.78 is 11.8. The Morgan fingerprint density at radius 3 is 2.75 bits per heavy atom. The molecule has 3 amide bonds. The standard InChI is InChI=1S/C24H31N3O5/c1-2-26(11-15-13-31-14-15)19-4-3-5-21(19)32-17-6-7-18-16(10-17)12-27(24(18)30)20-8-9-22(28)25-23(20)29/h6-7,10,15,19-21H,2-5,8-9,11-14H2,1H3,(H,25,28,29)/t19-,20?,21-/m0/s1. The van der Waals surface area contributed by atoms with Gasteiger partial charge >= 0.3 is 0 Å². The fourth-order valence-corrected chi connectivity index (χ4v) is 5.48. The highest BCUT2D eigenvalue weighted by molar-refractivity contribution is 6.05. The van der Waals surface area contributed by atoms with E-state index in [1.54, 1.807) is 4.90 Å². The molecule has 1 N–H and O–H groups in total. The summed E-state index contributed by atoms with van der Waals surface area (Å²) in [4.78, 5) is 40.7. The molecular weight excluding hydrogens is 410 g/mol. The van der Waals surface area contributed by atoms with E-state index in [0.717, 1.165) is 56.9 Å². The van der Waals surface area contributed by atoms with Gasteiger partial charge < -0.3 is 14.4 Å². The van der Waals surface area contributed by atoms with Crippen molar-refractivity contribution in [1.29, 1.82) is 0 Å². The van der Waals surface area contributed by atoms with Crippen molar-refractivity contribution in [3.8, 4) is 5.75 Å². The van der Waals surface area contributed by atoms with Gasteiger partial charge in [-0.15, -0.1) is 0 Å². The second kappa shape index (κ2) is 8.83. The smallest absolute Gasteiger partial charge is 0.255 e. The molecule has 1 aliphatic carbocycles. The van der Waals surface area contributed by atoms with Crippen LogP contribution in [0.4, 0.5) is 0 Å². The largest absolute Gasteiger partial charge is 0.489 e. The molecule has 4 aliphatic rings. The number of hydrogen-bond acceptors (Lipinski definition) is 6. The van der Waals surface area contributed by atoms with Crippen LogP contribution in [0.3, 0.4) is 0 Å². The van der Waals surface area contributed by atoms with Crippen molar-refractivity contribution >= 4 is 17.7 Å². The number of nitrogens with one attached hydrogen (secondary N) is 1. The number of carbonyl (C=O) groups excluding carboxylic acids is 3. The first-order chi connectivity index (χ1) is 15.5. The topological polar surface area (TPSA) is 88.2 Å². The SMILES string of the molecule is CCN(CC1COC1)[C@H]1CCC[C@@H]1Oc1ccc2c(c1)CN(C1CCC(=O)NC1=O)C2=O. The molecule has 8 heteroatoms. The normalized spacial score (nSPS) is 28.1. The highest BCUT2D eigenvalue weighted by Crippen LogP contribution is 2.33. The van der Waals surface area contributed by atoms with Crippen LogP contribution in [0.2, 0.25) is 0 Å². The summed E-state index contributed by atoms with van der Waals surface area (Å²) in [5, 5.41) is 2.35. The van der Waals surface area contributed by atoms with E-state index in [2.05, 4.69) is 17.1 Å². The van der Waals surface area contributed by atoms with Gasteiger partial charge in [-0.25, -0.2) is 0 Å². The Balaban J connectivity index is 1.26. The highest BCUT2D eigenvalue weighted by atomic mass is 16.5. The third-order valence-electron chi connectivity index (χ3n) is 7.28. The monoisotopic (exact) mass is 441 g/mol. The van der Waals surface area contributed by atoms with Crippen molar-refractivity contribution in [2.75, 3.05) is 26.3 Å². The average Bonchev–Trinajstić information content (AvgIpc) is 3.32. The number of benzene rings is 1. The van der Waals surface area contributed by atoms with E-state index >= 15 is 0 Å². The van der Waals surface area contributed by atoms with Crippen molar-refractivity contribution in [3.05, 3.63) is 29.3 Å². The third-order valence-corrected chi connectivity index (χ3v) is 7.28. The van der Waals surface area contributed by atoms with E-state index in [0.29, 0.717) is 30.5 Å². The van der Waals surface area contributed by atoms with Crippen LogP contribution in [0.25, 0.3) is 0 Å². The van der Waals surface area contributed by atoms with E-state index in [1.807, 2.05) is 18.2 Å². The van der Waals surface area contributed by atoms with Crippen molar-refractivity contribution in [2.24, 2.45) is 5.92 Å². The highest BCUT2D eigenvalue weighted by Gasteiger charge is 2.40. The van der Waals surface area contributed by atoms with Gasteiger partial charge in [-0.3, -0.25) is 24.6 Å². The van der Waals surface area contributed by atoms with Crippen molar-refractivity contribution in [2.45, 2.75) is 63.8 Å². The van der Waals surface area contributed by atoms with E-state index in [1.165, 1.54) is 0 Å². The molecule has 1 unspecified atom stereocenters. The fourth-order valence-electron chi connectivity index (χ4n) is 5.48. The van der Waals surface area contributed by atoms with E-state index in [4.69, 9.17) is 9.47 Å². The molecule has 1 aromatic carbocycles. The number of imide groups is 1. The zero-order chi connectivity index (χ0) is 22.2. The van der Waals surface area contributed by atoms with Gasteiger partial charge in [0.05, 0.1) is 13.2 Å². The molecule has 1 aromatic rings. The number of carbonyl (C=O) groups is 3. The quantitative estimate of drug-likeness (QED) is 0.649. The molecule has 5 rings (SSSR count). The molecule has 3 fully saturated rings. The van der Waals surface area contributed by atoms with E-state index in [-0.39, 0.29) is 30.2 Å². The maximum Gasteiger partial charge on any atom is 0.255 e. The molecule has 172 valence electrons. The van der Waals surface area contributed by atoms with Gasteiger partial charge in [0.2, 0.25) is 11.8 Å². The van der Waals surface area contributed by atoms with Crippen LogP contribution in [-0.4, -0.2) is 72.0 Å². The molecule has 3 atom stereocenters. The summed E-state index contributed by atoms with van der Waals surface area (Å²) in [7, 11) is 0. The summed E-state index contributed by atoms with van der Waals surface area (Å²) in [6, 6.07) is 5.44. The van der Waals surface area contributed by atoms with Gasteiger partial charge in [0.25, 0.3) is 5.91 Å². The van der Waals surface area contributed by atoms with Crippen LogP contribution in [0.5, 0.6) is 5.75 Å². The zero-order valence-electron chi connectivity index (χ0n) is 18.5. The molecule has 2 saturated heterocycles. The van der Waals surface area contributed by atoms with Gasteiger partial charge in [-0.1, -0.05) is 6.92 Å². The molecule has 32 heavy (non-hydrogen) atoms. The number of hydrogen-bond donors (Lipinski definition) is 1. The lowest BCUT2D eigenvalue weighted by atomic mass is 10.0. The first-order valence-corrected chi connectivity index (χ1v) is 11.8.